The number of nitrogens with zero attached hydrogens (tertiary/aromatic N) is 5. The van der Waals surface area contributed by atoms with Crippen LogP contribution in [0.25, 0.3) is 0 Å². The first-order chi connectivity index (χ1) is 12.6. The molecule has 1 aromatic rings. The molecule has 0 spiro atoms. The Balaban J connectivity index is 1.48. The molecule has 1 amide bonds. The third-order valence-electron chi connectivity index (χ3n) is 5.46. The molecule has 3 rings (SSSR count). The molecular weight excluding hydrogens is 328 g/mol. The van der Waals surface area contributed by atoms with E-state index in [-0.39, 0.29) is 11.9 Å². The van der Waals surface area contributed by atoms with Crippen molar-refractivity contribution in [1.82, 2.24) is 15.2 Å². The summed E-state index contributed by atoms with van der Waals surface area (Å²) in [4.78, 5) is 20.5. The van der Waals surface area contributed by atoms with Gasteiger partial charge < -0.3 is 15.1 Å². The van der Waals surface area contributed by atoms with Crippen molar-refractivity contribution in [2.75, 3.05) is 25.0 Å². The molecule has 1 saturated carbocycles. The number of amides is 1. The third-order valence-corrected chi connectivity index (χ3v) is 5.46. The van der Waals surface area contributed by atoms with Crippen LogP contribution >= 0.6 is 0 Å². The van der Waals surface area contributed by atoms with Gasteiger partial charge in [-0.1, -0.05) is 0 Å². The predicted octanol–water partition coefficient (Wildman–Crippen LogP) is 1.41. The number of carbonyl (C=O) groups excluding carboxylic acids is 1. The molecule has 0 bridgehead atoms. The van der Waals surface area contributed by atoms with Crippen LogP contribution in [0.2, 0.25) is 0 Å². The summed E-state index contributed by atoms with van der Waals surface area (Å²) < 4.78 is 0. The minimum atomic E-state index is -0.255. The maximum Gasteiger partial charge on any atom is 0.237 e. The van der Waals surface area contributed by atoms with Crippen molar-refractivity contribution in [1.29, 1.82) is 10.5 Å². The van der Waals surface area contributed by atoms with E-state index >= 15 is 0 Å². The minimum Gasteiger partial charge on any atom is -0.357 e. The van der Waals surface area contributed by atoms with Gasteiger partial charge in [0.05, 0.1) is 18.2 Å². The average molecular weight is 352 g/mol. The molecule has 26 heavy (non-hydrogen) atoms. The minimum absolute atomic E-state index is 0.0274. The molecule has 7 nitrogen and oxygen atoms in total. The van der Waals surface area contributed by atoms with E-state index in [1.165, 1.54) is 0 Å². The number of hydrogen-bond acceptors (Lipinski definition) is 6. The van der Waals surface area contributed by atoms with Gasteiger partial charge in [0.15, 0.2) is 0 Å². The topological polar surface area (TPSA) is 96.1 Å². The number of carbonyl (C=O) groups is 1. The lowest BCUT2D eigenvalue weighted by atomic mass is 10.2. The number of aromatic nitrogens is 1. The third kappa shape index (κ3) is 3.95. The Labute approximate surface area is 154 Å². The predicted molar refractivity (Wildman–Crippen MR) is 97.1 cm³/mol. The van der Waals surface area contributed by atoms with Crippen molar-refractivity contribution in [3.63, 3.8) is 0 Å². The highest BCUT2D eigenvalue weighted by molar-refractivity contribution is 5.79. The van der Waals surface area contributed by atoms with Crippen molar-refractivity contribution in [2.24, 2.45) is 0 Å². The fourth-order valence-electron chi connectivity index (χ4n) is 3.88. The van der Waals surface area contributed by atoms with E-state index in [0.29, 0.717) is 30.7 Å². The smallest absolute Gasteiger partial charge is 0.237 e. The lowest BCUT2D eigenvalue weighted by molar-refractivity contribution is -0.130. The first-order valence-electron chi connectivity index (χ1n) is 9.14. The second kappa shape index (κ2) is 8.16. The van der Waals surface area contributed by atoms with E-state index in [1.807, 2.05) is 13.1 Å². The van der Waals surface area contributed by atoms with E-state index in [9.17, 15) is 4.79 Å². The van der Waals surface area contributed by atoms with Crippen LogP contribution in [0.15, 0.2) is 18.3 Å². The van der Waals surface area contributed by atoms with Crippen LogP contribution in [-0.2, 0) is 4.79 Å². The molecule has 3 atom stereocenters. The lowest BCUT2D eigenvalue weighted by Gasteiger charge is -2.26. The second-order valence-corrected chi connectivity index (χ2v) is 7.05. The summed E-state index contributed by atoms with van der Waals surface area (Å²) in [5.74, 6) is 0.888. The summed E-state index contributed by atoms with van der Waals surface area (Å²) in [6.45, 7) is 0.994. The van der Waals surface area contributed by atoms with E-state index in [4.69, 9.17) is 10.5 Å². The molecule has 2 fully saturated rings. The molecule has 7 heteroatoms. The van der Waals surface area contributed by atoms with E-state index in [0.717, 1.165) is 37.9 Å². The fourth-order valence-corrected chi connectivity index (χ4v) is 3.88. The van der Waals surface area contributed by atoms with Crippen LogP contribution in [0.4, 0.5) is 5.82 Å². The molecule has 1 aliphatic heterocycles. The molecule has 136 valence electrons. The standard InChI is InChI=1S/C19H24N6O/c1-24(18-7-4-14(10-20)12-23-18)16-6-5-15(9-16)22-13-19(26)25-8-2-3-17(25)11-21/h4,7,12,15-17,22H,2-3,5-6,8-9,13H2,1H3/t15?,16?,17-/m0/s1. The molecule has 0 aromatic carbocycles. The Hall–Kier alpha value is -2.64. The molecule has 1 aromatic heterocycles. The van der Waals surface area contributed by atoms with E-state index in [2.05, 4.69) is 27.3 Å². The van der Waals surface area contributed by atoms with Crippen LogP contribution in [0, 0.1) is 22.7 Å². The highest BCUT2D eigenvalue weighted by Crippen LogP contribution is 2.26. The van der Waals surface area contributed by atoms with Gasteiger partial charge in [0.2, 0.25) is 5.91 Å². The molecule has 2 heterocycles. The zero-order chi connectivity index (χ0) is 18.5. The molecule has 1 N–H and O–H groups in total. The van der Waals surface area contributed by atoms with Gasteiger partial charge in [-0.25, -0.2) is 4.98 Å². The first-order valence-corrected chi connectivity index (χ1v) is 9.14. The van der Waals surface area contributed by atoms with Crippen LogP contribution in [0.3, 0.4) is 0 Å². The van der Waals surface area contributed by atoms with Gasteiger partial charge in [-0.05, 0) is 44.2 Å². The Morgan fingerprint density at radius 2 is 2.23 bits per heavy atom. The van der Waals surface area contributed by atoms with Crippen molar-refractivity contribution in [3.8, 4) is 12.1 Å². The number of nitriles is 2. The Morgan fingerprint density at radius 1 is 1.38 bits per heavy atom. The van der Waals surface area contributed by atoms with Crippen LogP contribution < -0.4 is 10.2 Å². The Morgan fingerprint density at radius 3 is 2.92 bits per heavy atom. The first kappa shape index (κ1) is 18.2. The monoisotopic (exact) mass is 352 g/mol. The normalized spacial score (nSPS) is 24.9. The second-order valence-electron chi connectivity index (χ2n) is 7.05. The van der Waals surface area contributed by atoms with Crippen molar-refractivity contribution in [3.05, 3.63) is 23.9 Å². The Bertz CT molecular complexity index is 719. The van der Waals surface area contributed by atoms with Gasteiger partial charge in [-0.2, -0.15) is 10.5 Å². The maximum absolute atomic E-state index is 12.3. The number of nitrogens with one attached hydrogen (secondary N) is 1. The zero-order valence-electron chi connectivity index (χ0n) is 15.1. The SMILES string of the molecule is CN(c1ccc(C#N)cn1)C1CCC(NCC(=O)N2CCC[C@H]2C#N)C1. The molecule has 2 aliphatic rings. The molecule has 1 aliphatic carbocycles. The summed E-state index contributed by atoms with van der Waals surface area (Å²) in [6, 6.07) is 8.36. The molecule has 2 unspecified atom stereocenters. The summed E-state index contributed by atoms with van der Waals surface area (Å²) in [5, 5.41) is 21.3. The molecular formula is C19H24N6O. The average Bonchev–Trinajstić information content (AvgIpc) is 3.34. The number of anilines is 1. The van der Waals surface area contributed by atoms with E-state index < -0.39 is 0 Å². The van der Waals surface area contributed by atoms with Crippen molar-refractivity contribution >= 4 is 11.7 Å². The lowest BCUT2D eigenvalue weighted by Crippen LogP contribution is -2.43. The highest BCUT2D eigenvalue weighted by atomic mass is 16.2. The zero-order valence-corrected chi connectivity index (χ0v) is 15.1. The number of pyridine rings is 1. The number of hydrogen-bond donors (Lipinski definition) is 1. The summed E-state index contributed by atoms with van der Waals surface area (Å²) in [5.41, 5.74) is 0.559. The van der Waals surface area contributed by atoms with Gasteiger partial charge in [-0.15, -0.1) is 0 Å². The Kier molecular flexibility index (Phi) is 5.70. The van der Waals surface area contributed by atoms with Gasteiger partial charge in [-0.3, -0.25) is 4.79 Å². The van der Waals surface area contributed by atoms with Gasteiger partial charge in [0.1, 0.15) is 17.9 Å². The maximum atomic E-state index is 12.3. The number of likely N-dealkylation sites (tertiary alicyclic amines) is 1. The number of rotatable bonds is 5. The highest BCUT2D eigenvalue weighted by Gasteiger charge is 2.31. The van der Waals surface area contributed by atoms with Crippen LogP contribution in [0.5, 0.6) is 0 Å². The summed E-state index contributed by atoms with van der Waals surface area (Å²) in [6.07, 6.45) is 6.30. The van der Waals surface area contributed by atoms with Gasteiger partial charge in [0.25, 0.3) is 0 Å². The molecule has 0 radical (unpaired) electrons. The van der Waals surface area contributed by atoms with Gasteiger partial charge >= 0.3 is 0 Å². The van der Waals surface area contributed by atoms with Crippen molar-refractivity contribution in [2.45, 2.75) is 50.2 Å². The largest absolute Gasteiger partial charge is 0.357 e. The summed E-state index contributed by atoms with van der Waals surface area (Å²) in [7, 11) is 2.02. The van der Waals surface area contributed by atoms with Gasteiger partial charge in [0, 0.05) is 31.9 Å². The summed E-state index contributed by atoms with van der Waals surface area (Å²) >= 11 is 0. The quantitative estimate of drug-likeness (QED) is 0.861. The van der Waals surface area contributed by atoms with Crippen LogP contribution in [0.1, 0.15) is 37.7 Å². The molecule has 1 saturated heterocycles. The van der Waals surface area contributed by atoms with Crippen molar-refractivity contribution < 1.29 is 4.79 Å². The fraction of sp³-hybridized carbons (Fsp3) is 0.579. The van der Waals surface area contributed by atoms with E-state index in [1.54, 1.807) is 17.2 Å². The van der Waals surface area contributed by atoms with Crippen LogP contribution in [-0.4, -0.2) is 54.1 Å².